The zero-order valence-electron chi connectivity index (χ0n) is 14.4. The summed E-state index contributed by atoms with van der Waals surface area (Å²) in [5.41, 5.74) is 0.938. The minimum Gasteiger partial charge on any atom is -0.493 e. The van der Waals surface area contributed by atoms with Gasteiger partial charge in [-0.1, -0.05) is 41.9 Å². The number of hydrogen-bond acceptors (Lipinski definition) is 4. The predicted octanol–water partition coefficient (Wildman–Crippen LogP) is 3.40. The molecular formula is C20H22ClNO4. The van der Waals surface area contributed by atoms with Crippen LogP contribution in [0, 0.1) is 0 Å². The van der Waals surface area contributed by atoms with E-state index in [0.29, 0.717) is 24.5 Å². The fraction of sp³-hybridized carbons (Fsp3) is 0.300. The van der Waals surface area contributed by atoms with Crippen LogP contribution in [0.3, 0.4) is 0 Å². The van der Waals surface area contributed by atoms with Crippen LogP contribution in [0.1, 0.15) is 18.4 Å². The highest BCUT2D eigenvalue weighted by molar-refractivity contribution is 6.30. The third-order valence-electron chi connectivity index (χ3n) is 3.49. The molecule has 2 aromatic carbocycles. The lowest BCUT2D eigenvalue weighted by atomic mass is 10.1. The molecule has 0 bridgehead atoms. The van der Waals surface area contributed by atoms with Crippen molar-refractivity contribution in [3.8, 4) is 5.75 Å². The van der Waals surface area contributed by atoms with E-state index in [1.807, 2.05) is 30.3 Å². The number of carbonyl (C=O) groups is 2. The van der Waals surface area contributed by atoms with Crippen LogP contribution < -0.4 is 10.1 Å². The molecule has 0 aromatic heterocycles. The fourth-order valence-corrected chi connectivity index (χ4v) is 2.31. The molecule has 0 aliphatic heterocycles. The molecule has 2 aromatic rings. The molecule has 0 aliphatic rings. The highest BCUT2D eigenvalue weighted by atomic mass is 35.5. The van der Waals surface area contributed by atoms with Gasteiger partial charge in [-0.2, -0.15) is 0 Å². The molecule has 0 aliphatic carbocycles. The summed E-state index contributed by atoms with van der Waals surface area (Å²) in [6.07, 6.45) is 1.05. The summed E-state index contributed by atoms with van der Waals surface area (Å²) < 4.78 is 10.6. The van der Waals surface area contributed by atoms with E-state index >= 15 is 0 Å². The molecule has 5 nitrogen and oxygen atoms in total. The molecule has 0 radical (unpaired) electrons. The number of esters is 1. The second kappa shape index (κ2) is 11.2. The van der Waals surface area contributed by atoms with Gasteiger partial charge in [0.2, 0.25) is 5.91 Å². The van der Waals surface area contributed by atoms with Crippen molar-refractivity contribution in [2.24, 2.45) is 0 Å². The second-order valence-electron chi connectivity index (χ2n) is 5.64. The number of hydrogen-bond donors (Lipinski definition) is 1. The Hall–Kier alpha value is -2.53. The molecule has 26 heavy (non-hydrogen) atoms. The maximum atomic E-state index is 11.8. The van der Waals surface area contributed by atoms with Gasteiger partial charge in [0.25, 0.3) is 0 Å². The van der Waals surface area contributed by atoms with E-state index in [2.05, 4.69) is 5.32 Å². The van der Waals surface area contributed by atoms with Crippen LogP contribution in [0.2, 0.25) is 5.02 Å². The summed E-state index contributed by atoms with van der Waals surface area (Å²) >= 11 is 5.79. The molecule has 0 atom stereocenters. The summed E-state index contributed by atoms with van der Waals surface area (Å²) in [6, 6.07) is 16.5. The minimum atomic E-state index is -0.337. The lowest BCUT2D eigenvalue weighted by Gasteiger charge is -2.08. The number of halogens is 1. The number of amides is 1. The Kier molecular flexibility index (Phi) is 8.49. The molecule has 0 saturated carbocycles. The molecular weight excluding hydrogens is 354 g/mol. The van der Waals surface area contributed by atoms with E-state index in [1.165, 1.54) is 0 Å². The Balaban J connectivity index is 1.49. The number of benzene rings is 2. The number of ether oxygens (including phenoxy) is 2. The lowest BCUT2D eigenvalue weighted by molar-refractivity contribution is -0.143. The molecule has 2 rings (SSSR count). The Morgan fingerprint density at radius 2 is 1.69 bits per heavy atom. The van der Waals surface area contributed by atoms with Crippen molar-refractivity contribution < 1.29 is 19.1 Å². The van der Waals surface area contributed by atoms with Crippen molar-refractivity contribution in [2.75, 3.05) is 19.8 Å². The van der Waals surface area contributed by atoms with E-state index in [1.54, 1.807) is 24.3 Å². The molecule has 6 heteroatoms. The predicted molar refractivity (Wildman–Crippen MR) is 100 cm³/mol. The van der Waals surface area contributed by atoms with E-state index in [0.717, 1.165) is 11.3 Å². The maximum Gasteiger partial charge on any atom is 0.307 e. The van der Waals surface area contributed by atoms with Crippen LogP contribution >= 0.6 is 11.6 Å². The Labute approximate surface area is 158 Å². The van der Waals surface area contributed by atoms with E-state index in [-0.39, 0.29) is 31.4 Å². The SMILES string of the molecule is O=C(Cc1ccccc1)NCCC(=O)OCCCOc1ccc(Cl)cc1. The third-order valence-corrected chi connectivity index (χ3v) is 3.74. The molecule has 0 unspecified atom stereocenters. The van der Waals surface area contributed by atoms with Gasteiger partial charge in [-0.3, -0.25) is 9.59 Å². The molecule has 1 amide bonds. The molecule has 0 saturated heterocycles. The molecule has 0 heterocycles. The van der Waals surface area contributed by atoms with Gasteiger partial charge in [-0.05, 0) is 29.8 Å². The second-order valence-corrected chi connectivity index (χ2v) is 6.08. The van der Waals surface area contributed by atoms with Crippen molar-refractivity contribution in [1.29, 1.82) is 0 Å². The standard InChI is InChI=1S/C20H22ClNO4/c21-17-7-9-18(10-8-17)25-13-4-14-26-20(24)11-12-22-19(23)15-16-5-2-1-3-6-16/h1-3,5-10H,4,11-15H2,(H,22,23). The number of rotatable bonds is 10. The van der Waals surface area contributed by atoms with E-state index in [9.17, 15) is 9.59 Å². The summed E-state index contributed by atoms with van der Waals surface area (Å²) in [6.45, 7) is 0.999. The minimum absolute atomic E-state index is 0.111. The van der Waals surface area contributed by atoms with Crippen LogP contribution in [0.15, 0.2) is 54.6 Å². The van der Waals surface area contributed by atoms with Crippen molar-refractivity contribution in [2.45, 2.75) is 19.3 Å². The zero-order chi connectivity index (χ0) is 18.6. The summed E-state index contributed by atoms with van der Waals surface area (Å²) in [5, 5.41) is 3.37. The highest BCUT2D eigenvalue weighted by Gasteiger charge is 2.06. The van der Waals surface area contributed by atoms with Gasteiger partial charge < -0.3 is 14.8 Å². The highest BCUT2D eigenvalue weighted by Crippen LogP contribution is 2.15. The summed E-state index contributed by atoms with van der Waals surface area (Å²) in [4.78, 5) is 23.4. The fourth-order valence-electron chi connectivity index (χ4n) is 2.19. The van der Waals surface area contributed by atoms with Gasteiger partial charge >= 0.3 is 5.97 Å². The Morgan fingerprint density at radius 3 is 2.42 bits per heavy atom. The molecule has 0 spiro atoms. The van der Waals surface area contributed by atoms with Crippen LogP contribution in [-0.4, -0.2) is 31.6 Å². The smallest absolute Gasteiger partial charge is 0.307 e. The van der Waals surface area contributed by atoms with Crippen molar-refractivity contribution in [1.82, 2.24) is 5.32 Å². The number of carbonyl (C=O) groups excluding carboxylic acids is 2. The van der Waals surface area contributed by atoms with Crippen molar-refractivity contribution in [3.05, 3.63) is 65.2 Å². The van der Waals surface area contributed by atoms with Gasteiger partial charge in [-0.15, -0.1) is 0 Å². The average Bonchev–Trinajstić information content (AvgIpc) is 2.64. The number of nitrogens with one attached hydrogen (secondary N) is 1. The van der Waals surface area contributed by atoms with Crippen LogP contribution in [-0.2, 0) is 20.7 Å². The van der Waals surface area contributed by atoms with Crippen LogP contribution in [0.25, 0.3) is 0 Å². The van der Waals surface area contributed by atoms with Crippen LogP contribution in [0.5, 0.6) is 5.75 Å². The summed E-state index contributed by atoms with van der Waals surface area (Å²) in [5.74, 6) is 0.277. The molecule has 138 valence electrons. The summed E-state index contributed by atoms with van der Waals surface area (Å²) in [7, 11) is 0. The topological polar surface area (TPSA) is 64.6 Å². The van der Waals surface area contributed by atoms with Gasteiger partial charge in [-0.25, -0.2) is 0 Å². The van der Waals surface area contributed by atoms with Gasteiger partial charge in [0.1, 0.15) is 5.75 Å². The Morgan fingerprint density at radius 1 is 0.962 bits per heavy atom. The van der Waals surface area contributed by atoms with Gasteiger partial charge in [0, 0.05) is 18.0 Å². The first-order valence-corrected chi connectivity index (χ1v) is 8.86. The Bertz CT molecular complexity index is 689. The monoisotopic (exact) mass is 375 g/mol. The first kappa shape index (κ1) is 19.8. The van der Waals surface area contributed by atoms with Crippen molar-refractivity contribution >= 4 is 23.5 Å². The van der Waals surface area contributed by atoms with Crippen LogP contribution in [0.4, 0.5) is 0 Å². The van der Waals surface area contributed by atoms with Gasteiger partial charge in [0.05, 0.1) is 26.1 Å². The largest absolute Gasteiger partial charge is 0.493 e. The molecule has 0 fully saturated rings. The maximum absolute atomic E-state index is 11.8. The van der Waals surface area contributed by atoms with Crippen molar-refractivity contribution in [3.63, 3.8) is 0 Å². The first-order valence-electron chi connectivity index (χ1n) is 8.48. The first-order chi connectivity index (χ1) is 12.6. The van der Waals surface area contributed by atoms with E-state index in [4.69, 9.17) is 21.1 Å². The third kappa shape index (κ3) is 8.03. The van der Waals surface area contributed by atoms with E-state index < -0.39 is 0 Å². The lowest BCUT2D eigenvalue weighted by Crippen LogP contribution is -2.28. The van der Waals surface area contributed by atoms with Gasteiger partial charge in [0.15, 0.2) is 0 Å². The average molecular weight is 376 g/mol. The molecule has 1 N–H and O–H groups in total. The normalized spacial score (nSPS) is 10.2. The zero-order valence-corrected chi connectivity index (χ0v) is 15.2. The quantitative estimate of drug-likeness (QED) is 0.510.